The number of benzene rings is 2. The molecule has 0 saturated carbocycles. The fraction of sp³-hybridized carbons (Fsp3) is 0.188. The molecule has 0 aliphatic carbocycles. The maximum atomic E-state index is 12.4. The van der Waals surface area contributed by atoms with E-state index in [1.165, 1.54) is 0 Å². The number of halogens is 1. The van der Waals surface area contributed by atoms with Gasteiger partial charge in [0.1, 0.15) is 0 Å². The summed E-state index contributed by atoms with van der Waals surface area (Å²) in [4.78, 5) is 14.2. The van der Waals surface area contributed by atoms with Gasteiger partial charge in [-0.3, -0.25) is 9.69 Å². The Labute approximate surface area is 123 Å². The Hall–Kier alpha value is -2.00. The Kier molecular flexibility index (Phi) is 3.36. The van der Waals surface area contributed by atoms with Gasteiger partial charge in [-0.1, -0.05) is 23.7 Å². The summed E-state index contributed by atoms with van der Waals surface area (Å²) in [6.07, 6.45) is 0.459. The number of carbonyl (C=O) groups is 1. The molecule has 2 aromatic rings. The highest BCUT2D eigenvalue weighted by molar-refractivity contribution is 6.31. The van der Waals surface area contributed by atoms with Gasteiger partial charge >= 0.3 is 0 Å². The van der Waals surface area contributed by atoms with Crippen LogP contribution in [0.1, 0.15) is 12.0 Å². The van der Waals surface area contributed by atoms with Crippen molar-refractivity contribution in [2.75, 3.05) is 16.8 Å². The molecule has 0 bridgehead atoms. The van der Waals surface area contributed by atoms with Crippen molar-refractivity contribution in [3.63, 3.8) is 0 Å². The first-order chi connectivity index (χ1) is 9.65. The van der Waals surface area contributed by atoms with Gasteiger partial charge in [-0.25, -0.2) is 0 Å². The molecule has 3 rings (SSSR count). The second-order valence-corrected chi connectivity index (χ2v) is 5.34. The predicted molar refractivity (Wildman–Crippen MR) is 82.9 cm³/mol. The molecule has 0 saturated heterocycles. The minimum absolute atomic E-state index is 0.0733. The third-order valence-corrected chi connectivity index (χ3v) is 3.60. The van der Waals surface area contributed by atoms with E-state index in [9.17, 15) is 4.79 Å². The molecule has 20 heavy (non-hydrogen) atoms. The molecule has 0 unspecified atom stereocenters. The number of nitrogens with zero attached hydrogens (tertiary/aromatic N) is 1. The van der Waals surface area contributed by atoms with Gasteiger partial charge in [0.2, 0.25) is 5.91 Å². The van der Waals surface area contributed by atoms with Crippen LogP contribution >= 0.6 is 11.6 Å². The molecule has 0 radical (unpaired) electrons. The summed E-state index contributed by atoms with van der Waals surface area (Å²) < 4.78 is 0. The quantitative estimate of drug-likeness (QED) is 0.855. The van der Waals surface area contributed by atoms with E-state index in [0.717, 1.165) is 22.6 Å². The van der Waals surface area contributed by atoms with Gasteiger partial charge in [0.05, 0.1) is 11.4 Å². The maximum absolute atomic E-state index is 12.4. The van der Waals surface area contributed by atoms with Crippen LogP contribution in [0.25, 0.3) is 0 Å². The van der Waals surface area contributed by atoms with E-state index >= 15 is 0 Å². The van der Waals surface area contributed by atoms with Crippen LogP contribution in [-0.4, -0.2) is 12.5 Å². The number of fused-ring (bicyclic) bond motifs is 1. The Balaban J connectivity index is 2.17. The largest absolute Gasteiger partial charge is 0.383 e. The van der Waals surface area contributed by atoms with E-state index in [1.807, 2.05) is 49.4 Å². The van der Waals surface area contributed by atoms with Crippen LogP contribution in [-0.2, 0) is 4.79 Å². The van der Waals surface area contributed by atoms with Gasteiger partial charge in [0.25, 0.3) is 0 Å². The third kappa shape index (κ3) is 2.37. The molecule has 0 spiro atoms. The number of hydrogen-bond acceptors (Lipinski definition) is 2. The number of amides is 1. The summed E-state index contributed by atoms with van der Waals surface area (Å²) in [6.45, 7) is 2.65. The smallest absolute Gasteiger partial charge is 0.233 e. The number of aryl methyl sites for hydroxylation is 1. The summed E-state index contributed by atoms with van der Waals surface area (Å²) in [6, 6.07) is 13.5. The van der Waals surface area contributed by atoms with Crippen molar-refractivity contribution in [1.82, 2.24) is 0 Å². The van der Waals surface area contributed by atoms with Crippen LogP contribution in [0.15, 0.2) is 42.5 Å². The van der Waals surface area contributed by atoms with E-state index in [-0.39, 0.29) is 5.91 Å². The first-order valence-electron chi connectivity index (χ1n) is 6.58. The van der Waals surface area contributed by atoms with Crippen LogP contribution in [0.2, 0.25) is 5.02 Å². The monoisotopic (exact) mass is 286 g/mol. The van der Waals surface area contributed by atoms with Crippen molar-refractivity contribution in [3.05, 3.63) is 53.1 Å². The summed E-state index contributed by atoms with van der Waals surface area (Å²) in [7, 11) is 0. The molecular formula is C16H15ClN2O. The highest BCUT2D eigenvalue weighted by Crippen LogP contribution is 2.36. The molecule has 1 aliphatic heterocycles. The van der Waals surface area contributed by atoms with Crippen LogP contribution in [0, 0.1) is 6.92 Å². The zero-order valence-corrected chi connectivity index (χ0v) is 11.9. The Morgan fingerprint density at radius 2 is 2.05 bits per heavy atom. The molecule has 1 heterocycles. The SMILES string of the molecule is Cc1cccc(N2C(=O)CCNc3ccc(Cl)cc32)c1. The average Bonchev–Trinajstić information content (AvgIpc) is 2.56. The lowest BCUT2D eigenvalue weighted by atomic mass is 10.1. The lowest BCUT2D eigenvalue weighted by Gasteiger charge is -2.23. The standard InChI is InChI=1S/C16H15ClN2O/c1-11-3-2-4-13(9-11)19-15-10-12(17)5-6-14(15)18-8-7-16(19)20/h2-6,9-10,18H,7-8H2,1H3. The molecule has 3 nitrogen and oxygen atoms in total. The number of rotatable bonds is 1. The van der Waals surface area contributed by atoms with Crippen molar-refractivity contribution >= 4 is 34.6 Å². The average molecular weight is 287 g/mol. The Bertz CT molecular complexity index is 669. The second kappa shape index (κ2) is 5.17. The molecular weight excluding hydrogens is 272 g/mol. The molecule has 1 aliphatic rings. The number of hydrogen-bond donors (Lipinski definition) is 1. The second-order valence-electron chi connectivity index (χ2n) is 4.91. The fourth-order valence-electron chi connectivity index (χ4n) is 2.44. The van der Waals surface area contributed by atoms with Gasteiger partial charge in [-0.05, 0) is 42.8 Å². The van der Waals surface area contributed by atoms with Gasteiger partial charge in [0.15, 0.2) is 0 Å². The van der Waals surface area contributed by atoms with Crippen LogP contribution in [0.5, 0.6) is 0 Å². The highest BCUT2D eigenvalue weighted by atomic mass is 35.5. The zero-order valence-electron chi connectivity index (χ0n) is 11.2. The number of carbonyl (C=O) groups excluding carboxylic acids is 1. The summed E-state index contributed by atoms with van der Waals surface area (Å²) >= 11 is 6.10. The molecule has 102 valence electrons. The minimum Gasteiger partial charge on any atom is -0.383 e. The van der Waals surface area contributed by atoms with Crippen LogP contribution in [0.3, 0.4) is 0 Å². The van der Waals surface area contributed by atoms with Gasteiger partial charge in [0, 0.05) is 23.7 Å². The molecule has 0 aromatic heterocycles. The first-order valence-corrected chi connectivity index (χ1v) is 6.96. The summed E-state index contributed by atoms with van der Waals surface area (Å²) in [5.41, 5.74) is 3.74. The number of anilines is 3. The van der Waals surface area contributed by atoms with Crippen molar-refractivity contribution < 1.29 is 4.79 Å². The van der Waals surface area contributed by atoms with Crippen molar-refractivity contribution in [3.8, 4) is 0 Å². The minimum atomic E-state index is 0.0733. The molecule has 4 heteroatoms. The Morgan fingerprint density at radius 3 is 2.85 bits per heavy atom. The van der Waals surface area contributed by atoms with E-state index < -0.39 is 0 Å². The first kappa shape index (κ1) is 13.0. The van der Waals surface area contributed by atoms with Crippen LogP contribution < -0.4 is 10.2 Å². The molecule has 0 fully saturated rings. The lowest BCUT2D eigenvalue weighted by molar-refractivity contribution is -0.117. The summed E-state index contributed by atoms with van der Waals surface area (Å²) in [5.74, 6) is 0.0733. The van der Waals surface area contributed by atoms with Gasteiger partial charge in [-0.2, -0.15) is 0 Å². The molecule has 2 aromatic carbocycles. The fourth-order valence-corrected chi connectivity index (χ4v) is 2.61. The lowest BCUT2D eigenvalue weighted by Crippen LogP contribution is -2.25. The van der Waals surface area contributed by atoms with E-state index in [4.69, 9.17) is 11.6 Å². The van der Waals surface area contributed by atoms with Crippen molar-refractivity contribution in [1.29, 1.82) is 0 Å². The van der Waals surface area contributed by atoms with Gasteiger partial charge < -0.3 is 5.32 Å². The predicted octanol–water partition coefficient (Wildman–Crippen LogP) is 4.13. The van der Waals surface area contributed by atoms with Gasteiger partial charge in [-0.15, -0.1) is 0 Å². The zero-order chi connectivity index (χ0) is 14.1. The highest BCUT2D eigenvalue weighted by Gasteiger charge is 2.23. The Morgan fingerprint density at radius 1 is 1.20 bits per heavy atom. The molecule has 0 atom stereocenters. The van der Waals surface area contributed by atoms with E-state index in [1.54, 1.807) is 4.90 Å². The van der Waals surface area contributed by atoms with E-state index in [2.05, 4.69) is 5.32 Å². The molecule has 1 N–H and O–H groups in total. The normalized spacial score (nSPS) is 14.5. The number of nitrogens with one attached hydrogen (secondary N) is 1. The molecule has 1 amide bonds. The topological polar surface area (TPSA) is 32.3 Å². The van der Waals surface area contributed by atoms with E-state index in [0.29, 0.717) is 18.0 Å². The third-order valence-electron chi connectivity index (χ3n) is 3.36. The maximum Gasteiger partial charge on any atom is 0.233 e. The van der Waals surface area contributed by atoms with Crippen LogP contribution in [0.4, 0.5) is 17.1 Å². The summed E-state index contributed by atoms with van der Waals surface area (Å²) in [5, 5.41) is 3.90. The van der Waals surface area contributed by atoms with Crippen molar-refractivity contribution in [2.24, 2.45) is 0 Å². The van der Waals surface area contributed by atoms with Crippen molar-refractivity contribution in [2.45, 2.75) is 13.3 Å².